The first-order chi connectivity index (χ1) is 8.74. The lowest BCUT2D eigenvalue weighted by Crippen LogP contribution is -2.21. The molecule has 1 aromatic carbocycles. The molecule has 0 aliphatic rings. The van der Waals surface area contributed by atoms with E-state index >= 15 is 0 Å². The summed E-state index contributed by atoms with van der Waals surface area (Å²) in [7, 11) is 0. The Hall–Kier alpha value is -0.930. The molecule has 0 saturated heterocycles. The first-order valence-corrected chi connectivity index (χ1v) is 7.96. The van der Waals surface area contributed by atoms with Crippen molar-refractivity contribution in [3.63, 3.8) is 0 Å². The van der Waals surface area contributed by atoms with Gasteiger partial charge in [-0.2, -0.15) is 11.8 Å². The van der Waals surface area contributed by atoms with Crippen LogP contribution in [-0.2, 0) is 13.0 Å². The van der Waals surface area contributed by atoms with E-state index in [1.807, 2.05) is 11.8 Å². The van der Waals surface area contributed by atoms with Crippen LogP contribution in [0.5, 0.6) is 0 Å². The second kappa shape index (κ2) is 6.30. The van der Waals surface area contributed by atoms with Crippen LogP contribution in [-0.4, -0.2) is 22.6 Å². The first-order valence-electron chi connectivity index (χ1n) is 6.57. The van der Waals surface area contributed by atoms with Crippen LogP contribution in [0.2, 0.25) is 0 Å². The van der Waals surface area contributed by atoms with Crippen LogP contribution >= 0.6 is 11.8 Å². The minimum absolute atomic E-state index is 0.275. The number of nitrogens with zero attached hydrogens (tertiary/aromatic N) is 1. The third kappa shape index (κ3) is 3.09. The van der Waals surface area contributed by atoms with Gasteiger partial charge in [-0.3, -0.25) is 0 Å². The molecule has 0 aliphatic carbocycles. The van der Waals surface area contributed by atoms with E-state index < -0.39 is 0 Å². The number of benzene rings is 1. The van der Waals surface area contributed by atoms with Gasteiger partial charge < -0.3 is 10.3 Å². The molecule has 3 heteroatoms. The van der Waals surface area contributed by atoms with E-state index in [0.717, 1.165) is 25.1 Å². The molecule has 18 heavy (non-hydrogen) atoms. The van der Waals surface area contributed by atoms with Crippen molar-refractivity contribution in [2.75, 3.05) is 12.0 Å². The smallest absolute Gasteiger partial charge is 0.0483 e. The molecule has 1 heterocycles. The minimum atomic E-state index is 0.275. The summed E-state index contributed by atoms with van der Waals surface area (Å²) in [5.74, 6) is 1.16. The Morgan fingerprint density at radius 3 is 2.89 bits per heavy atom. The topological polar surface area (TPSA) is 30.9 Å². The lowest BCUT2D eigenvalue weighted by Gasteiger charge is -2.10. The third-order valence-corrected chi connectivity index (χ3v) is 3.99. The van der Waals surface area contributed by atoms with Crippen molar-refractivity contribution in [1.82, 2.24) is 4.57 Å². The predicted molar refractivity (Wildman–Crippen MR) is 82.3 cm³/mol. The highest BCUT2D eigenvalue weighted by atomic mass is 32.2. The van der Waals surface area contributed by atoms with Crippen molar-refractivity contribution >= 4 is 22.7 Å². The summed E-state index contributed by atoms with van der Waals surface area (Å²) in [6.45, 7) is 3.22. The van der Waals surface area contributed by atoms with E-state index in [1.54, 1.807) is 0 Å². The molecular weight excluding hydrogens is 240 g/mol. The summed E-state index contributed by atoms with van der Waals surface area (Å²) in [4.78, 5) is 0. The Morgan fingerprint density at radius 1 is 1.33 bits per heavy atom. The van der Waals surface area contributed by atoms with Gasteiger partial charge in [0.05, 0.1) is 0 Å². The number of hydrogen-bond acceptors (Lipinski definition) is 2. The molecule has 0 fully saturated rings. The van der Waals surface area contributed by atoms with Crippen molar-refractivity contribution in [2.45, 2.75) is 32.4 Å². The van der Waals surface area contributed by atoms with Crippen LogP contribution in [0.25, 0.3) is 10.9 Å². The third-order valence-electron chi connectivity index (χ3n) is 3.40. The average molecular weight is 262 g/mol. The van der Waals surface area contributed by atoms with Crippen molar-refractivity contribution in [3.8, 4) is 0 Å². The molecule has 0 aliphatic heterocycles. The van der Waals surface area contributed by atoms with E-state index in [1.165, 1.54) is 16.5 Å². The Morgan fingerprint density at radius 2 is 2.17 bits per heavy atom. The van der Waals surface area contributed by atoms with E-state index in [0.29, 0.717) is 0 Å². The van der Waals surface area contributed by atoms with Crippen molar-refractivity contribution in [1.29, 1.82) is 0 Å². The average Bonchev–Trinajstić information content (AvgIpc) is 2.78. The summed E-state index contributed by atoms with van der Waals surface area (Å²) in [6.07, 6.45) is 6.34. The van der Waals surface area contributed by atoms with Gasteiger partial charge in [-0.05, 0) is 42.2 Å². The lowest BCUT2D eigenvalue weighted by atomic mass is 10.0. The Balaban J connectivity index is 2.24. The van der Waals surface area contributed by atoms with Gasteiger partial charge in [-0.15, -0.1) is 0 Å². The second-order valence-corrected chi connectivity index (χ2v) is 5.75. The Kier molecular flexibility index (Phi) is 4.72. The maximum atomic E-state index is 6.03. The molecule has 98 valence electrons. The molecule has 1 unspecified atom stereocenters. The van der Waals surface area contributed by atoms with Crippen LogP contribution in [0, 0.1) is 0 Å². The molecular formula is C15H22N2S. The van der Waals surface area contributed by atoms with Crippen LogP contribution in [0.3, 0.4) is 0 Å². The summed E-state index contributed by atoms with van der Waals surface area (Å²) in [6, 6.07) is 9.18. The van der Waals surface area contributed by atoms with Crippen LogP contribution in [0.4, 0.5) is 0 Å². The number of aryl methyl sites for hydroxylation is 1. The van der Waals surface area contributed by atoms with E-state index in [-0.39, 0.29) is 6.04 Å². The standard InChI is InChI=1S/C15H22N2S/c1-3-14(16)10-12-4-5-13-6-7-17(8-9-18-2)15(13)11-12/h4-7,11,14H,3,8-10,16H2,1-2H3. The molecule has 0 amide bonds. The molecule has 0 radical (unpaired) electrons. The molecule has 0 bridgehead atoms. The van der Waals surface area contributed by atoms with Crippen molar-refractivity contribution < 1.29 is 0 Å². The van der Waals surface area contributed by atoms with Crippen LogP contribution < -0.4 is 5.73 Å². The van der Waals surface area contributed by atoms with Gasteiger partial charge in [0.2, 0.25) is 0 Å². The maximum absolute atomic E-state index is 6.03. The van der Waals surface area contributed by atoms with Gasteiger partial charge in [0.15, 0.2) is 0 Å². The molecule has 0 saturated carbocycles. The Labute approximate surface area is 114 Å². The first kappa shape index (κ1) is 13.5. The van der Waals surface area contributed by atoms with Crippen LogP contribution in [0.1, 0.15) is 18.9 Å². The van der Waals surface area contributed by atoms with Gasteiger partial charge in [0.1, 0.15) is 0 Å². The number of aromatic nitrogens is 1. The number of fused-ring (bicyclic) bond motifs is 1. The summed E-state index contributed by atoms with van der Waals surface area (Å²) >= 11 is 1.89. The largest absolute Gasteiger partial charge is 0.347 e. The van der Waals surface area contributed by atoms with Gasteiger partial charge in [0, 0.05) is 30.1 Å². The summed E-state index contributed by atoms with van der Waals surface area (Å²) in [5.41, 5.74) is 8.72. The van der Waals surface area contributed by atoms with Gasteiger partial charge in [-0.1, -0.05) is 19.1 Å². The van der Waals surface area contributed by atoms with Gasteiger partial charge in [0.25, 0.3) is 0 Å². The second-order valence-electron chi connectivity index (χ2n) is 4.77. The van der Waals surface area contributed by atoms with E-state index in [9.17, 15) is 0 Å². The van der Waals surface area contributed by atoms with Crippen LogP contribution in [0.15, 0.2) is 30.5 Å². The van der Waals surface area contributed by atoms with Crippen molar-refractivity contribution in [2.24, 2.45) is 5.73 Å². The van der Waals surface area contributed by atoms with Gasteiger partial charge in [-0.25, -0.2) is 0 Å². The lowest BCUT2D eigenvalue weighted by molar-refractivity contribution is 0.646. The highest BCUT2D eigenvalue weighted by molar-refractivity contribution is 7.98. The zero-order chi connectivity index (χ0) is 13.0. The maximum Gasteiger partial charge on any atom is 0.0483 e. The van der Waals surface area contributed by atoms with E-state index in [4.69, 9.17) is 5.73 Å². The summed E-state index contributed by atoms with van der Waals surface area (Å²) < 4.78 is 2.34. The molecule has 0 spiro atoms. The number of thioether (sulfide) groups is 1. The number of rotatable bonds is 6. The SMILES string of the molecule is CCC(N)Cc1ccc2ccn(CCSC)c2c1. The molecule has 1 aromatic heterocycles. The molecule has 2 nitrogen and oxygen atoms in total. The molecule has 2 aromatic rings. The van der Waals surface area contributed by atoms with E-state index in [2.05, 4.69) is 48.2 Å². The van der Waals surface area contributed by atoms with Crippen molar-refractivity contribution in [3.05, 3.63) is 36.0 Å². The normalized spacial score (nSPS) is 13.1. The minimum Gasteiger partial charge on any atom is -0.347 e. The molecule has 1 atom stereocenters. The fourth-order valence-corrected chi connectivity index (χ4v) is 2.57. The van der Waals surface area contributed by atoms with Gasteiger partial charge >= 0.3 is 0 Å². The zero-order valence-corrected chi connectivity index (χ0v) is 12.0. The highest BCUT2D eigenvalue weighted by Gasteiger charge is 2.05. The molecule has 2 rings (SSSR count). The zero-order valence-electron chi connectivity index (χ0n) is 11.2. The molecule has 2 N–H and O–H groups in total. The Bertz CT molecular complexity index is 504. The summed E-state index contributed by atoms with van der Waals surface area (Å²) in [5, 5.41) is 1.32. The highest BCUT2D eigenvalue weighted by Crippen LogP contribution is 2.19. The fraction of sp³-hybridized carbons (Fsp3) is 0.467. The fourth-order valence-electron chi connectivity index (χ4n) is 2.19. The monoisotopic (exact) mass is 262 g/mol. The number of hydrogen-bond donors (Lipinski definition) is 1. The number of nitrogens with two attached hydrogens (primary N) is 1. The quantitative estimate of drug-likeness (QED) is 0.866. The predicted octanol–water partition coefficient (Wildman–Crippen LogP) is 3.28.